The topological polar surface area (TPSA) is 52.0 Å². The maximum absolute atomic E-state index is 13.2. The maximum Gasteiger partial charge on any atom is 0.278 e. The lowest BCUT2D eigenvalue weighted by molar-refractivity contribution is -0.908. The van der Waals surface area contributed by atoms with Crippen LogP contribution in [0.1, 0.15) is 29.7 Å². The average molecular weight is 420 g/mol. The maximum atomic E-state index is 13.2. The quantitative estimate of drug-likeness (QED) is 0.561. The Morgan fingerprint density at radius 1 is 0.871 bits per heavy atom. The average Bonchev–Trinajstić information content (AvgIpc) is 2.82. The van der Waals surface area contributed by atoms with Crippen molar-refractivity contribution < 1.29 is 19.2 Å². The molecule has 0 radical (unpaired) electrons. The second kappa shape index (κ2) is 10.6. The van der Waals surface area contributed by atoms with Crippen molar-refractivity contribution in [3.05, 3.63) is 95.6 Å². The lowest BCUT2D eigenvalue weighted by atomic mass is 9.98. The van der Waals surface area contributed by atoms with E-state index in [2.05, 4.69) is 5.32 Å². The Labute approximate surface area is 184 Å². The number of quaternary nitrogens is 1. The fraction of sp³-hybridized carbons (Fsp3) is 0.269. The highest BCUT2D eigenvalue weighted by Crippen LogP contribution is 2.27. The molecule has 0 saturated carbocycles. The van der Waals surface area contributed by atoms with Crippen LogP contribution in [0.2, 0.25) is 0 Å². The van der Waals surface area contributed by atoms with Crippen LogP contribution in [0.4, 0.5) is 0 Å². The molecular formula is C26H31N2O3+. The van der Waals surface area contributed by atoms with Gasteiger partial charge < -0.3 is 19.7 Å². The SMILES string of the molecule is COc1ccc(C[NH+](C)[C@@H](C)C(=O)NC(c2ccccc2)c2ccccc2)cc1OC. The van der Waals surface area contributed by atoms with Crippen molar-refractivity contribution in [2.24, 2.45) is 0 Å². The van der Waals surface area contributed by atoms with E-state index in [9.17, 15) is 4.79 Å². The van der Waals surface area contributed by atoms with Crippen LogP contribution in [0.15, 0.2) is 78.9 Å². The van der Waals surface area contributed by atoms with E-state index in [4.69, 9.17) is 9.47 Å². The summed E-state index contributed by atoms with van der Waals surface area (Å²) in [6.45, 7) is 2.65. The first kappa shape index (κ1) is 22.4. The fourth-order valence-electron chi connectivity index (χ4n) is 3.61. The van der Waals surface area contributed by atoms with E-state index < -0.39 is 0 Å². The molecule has 1 amide bonds. The van der Waals surface area contributed by atoms with Crippen molar-refractivity contribution in [2.45, 2.75) is 25.6 Å². The summed E-state index contributed by atoms with van der Waals surface area (Å²) >= 11 is 0. The molecule has 162 valence electrons. The highest BCUT2D eigenvalue weighted by Gasteiger charge is 2.26. The van der Waals surface area contributed by atoms with Gasteiger partial charge in [-0.05, 0) is 36.2 Å². The zero-order valence-corrected chi connectivity index (χ0v) is 18.6. The van der Waals surface area contributed by atoms with E-state index in [1.54, 1.807) is 14.2 Å². The molecule has 2 N–H and O–H groups in total. The Morgan fingerprint density at radius 3 is 1.94 bits per heavy atom. The van der Waals surface area contributed by atoms with Gasteiger partial charge in [0.15, 0.2) is 17.5 Å². The van der Waals surface area contributed by atoms with Gasteiger partial charge in [-0.3, -0.25) is 4.79 Å². The van der Waals surface area contributed by atoms with Crippen LogP contribution in [0.25, 0.3) is 0 Å². The highest BCUT2D eigenvalue weighted by molar-refractivity contribution is 5.80. The van der Waals surface area contributed by atoms with E-state index in [1.165, 1.54) is 0 Å². The van der Waals surface area contributed by atoms with Gasteiger partial charge >= 0.3 is 0 Å². The van der Waals surface area contributed by atoms with E-state index in [0.717, 1.165) is 21.6 Å². The number of methoxy groups -OCH3 is 2. The van der Waals surface area contributed by atoms with Crippen molar-refractivity contribution in [1.29, 1.82) is 0 Å². The van der Waals surface area contributed by atoms with Crippen molar-refractivity contribution in [3.63, 3.8) is 0 Å². The van der Waals surface area contributed by atoms with Gasteiger partial charge in [0.2, 0.25) is 0 Å². The van der Waals surface area contributed by atoms with Gasteiger partial charge in [0.25, 0.3) is 5.91 Å². The van der Waals surface area contributed by atoms with E-state index in [-0.39, 0.29) is 18.0 Å². The minimum atomic E-state index is -0.233. The molecule has 3 aromatic rings. The second-order valence-corrected chi connectivity index (χ2v) is 7.70. The number of nitrogens with one attached hydrogen (secondary N) is 2. The number of carbonyl (C=O) groups excluding carboxylic acids is 1. The van der Waals surface area contributed by atoms with Crippen LogP contribution in [0.5, 0.6) is 11.5 Å². The third-order valence-corrected chi connectivity index (χ3v) is 5.62. The summed E-state index contributed by atoms with van der Waals surface area (Å²) in [6.07, 6.45) is 0. The van der Waals surface area contributed by atoms with Gasteiger partial charge in [0.1, 0.15) is 6.54 Å². The van der Waals surface area contributed by atoms with Gasteiger partial charge in [-0.1, -0.05) is 60.7 Å². The predicted molar refractivity (Wildman–Crippen MR) is 122 cm³/mol. The zero-order chi connectivity index (χ0) is 22.2. The van der Waals surface area contributed by atoms with Gasteiger partial charge in [-0.15, -0.1) is 0 Å². The summed E-state index contributed by atoms with van der Waals surface area (Å²) in [5, 5.41) is 3.25. The Bertz CT molecular complexity index is 937. The van der Waals surface area contributed by atoms with Crippen LogP contribution in [-0.2, 0) is 11.3 Å². The van der Waals surface area contributed by atoms with Crippen molar-refractivity contribution >= 4 is 5.91 Å². The summed E-state index contributed by atoms with van der Waals surface area (Å²) in [4.78, 5) is 14.3. The van der Waals surface area contributed by atoms with Gasteiger partial charge in [-0.2, -0.15) is 0 Å². The molecule has 3 aromatic carbocycles. The summed E-state index contributed by atoms with van der Waals surface area (Å²) in [7, 11) is 5.28. The number of ether oxygens (including phenoxy) is 2. The second-order valence-electron chi connectivity index (χ2n) is 7.70. The number of benzene rings is 3. The molecule has 0 fully saturated rings. The van der Waals surface area contributed by atoms with Gasteiger partial charge in [0, 0.05) is 5.56 Å². The molecule has 0 heterocycles. The molecule has 0 spiro atoms. The molecule has 1 unspecified atom stereocenters. The molecule has 3 rings (SSSR count). The molecule has 0 bridgehead atoms. The molecule has 0 aromatic heterocycles. The Morgan fingerprint density at radius 2 is 1.42 bits per heavy atom. The van der Waals surface area contributed by atoms with E-state index in [1.807, 2.05) is 92.8 Å². The molecule has 0 saturated heterocycles. The molecule has 2 atom stereocenters. The van der Waals surface area contributed by atoms with E-state index in [0.29, 0.717) is 18.0 Å². The summed E-state index contributed by atoms with van der Waals surface area (Å²) in [6, 6.07) is 25.6. The molecule has 31 heavy (non-hydrogen) atoms. The number of hydrogen-bond acceptors (Lipinski definition) is 3. The minimum absolute atomic E-state index is 0.00989. The number of hydrogen-bond donors (Lipinski definition) is 2. The number of amides is 1. The van der Waals surface area contributed by atoms with Crippen LogP contribution in [0.3, 0.4) is 0 Å². The van der Waals surface area contributed by atoms with Crippen LogP contribution in [0, 0.1) is 0 Å². The van der Waals surface area contributed by atoms with Crippen LogP contribution >= 0.6 is 0 Å². The van der Waals surface area contributed by atoms with E-state index >= 15 is 0 Å². The number of rotatable bonds is 9. The monoisotopic (exact) mass is 419 g/mol. The summed E-state index contributed by atoms with van der Waals surface area (Å²) < 4.78 is 10.7. The lowest BCUT2D eigenvalue weighted by Crippen LogP contribution is -3.12. The van der Waals surface area contributed by atoms with Crippen LogP contribution < -0.4 is 19.7 Å². The highest BCUT2D eigenvalue weighted by atomic mass is 16.5. The lowest BCUT2D eigenvalue weighted by Gasteiger charge is -2.25. The predicted octanol–water partition coefficient (Wildman–Crippen LogP) is 3.01. The molecule has 0 aliphatic carbocycles. The Kier molecular flexibility index (Phi) is 7.68. The van der Waals surface area contributed by atoms with Gasteiger partial charge in [0.05, 0.1) is 27.3 Å². The third-order valence-electron chi connectivity index (χ3n) is 5.62. The first-order valence-corrected chi connectivity index (χ1v) is 10.5. The molecule has 0 aliphatic rings. The zero-order valence-electron chi connectivity index (χ0n) is 18.6. The third kappa shape index (κ3) is 5.64. The van der Waals surface area contributed by atoms with Crippen molar-refractivity contribution in [1.82, 2.24) is 5.32 Å². The first-order valence-electron chi connectivity index (χ1n) is 10.5. The van der Waals surface area contributed by atoms with Gasteiger partial charge in [-0.25, -0.2) is 0 Å². The standard InChI is InChI=1S/C26H30N2O3/c1-19(28(2)18-20-15-16-23(30-3)24(17-20)31-4)26(29)27-25(21-11-7-5-8-12-21)22-13-9-6-10-14-22/h5-17,19,25H,18H2,1-4H3,(H,27,29)/p+1/t19-/m0/s1. The first-order chi connectivity index (χ1) is 15.0. The molecule has 0 aliphatic heterocycles. The normalized spacial score (nSPS) is 12.8. The summed E-state index contributed by atoms with van der Waals surface area (Å²) in [5.74, 6) is 1.40. The molecule has 5 nitrogen and oxygen atoms in total. The van der Waals surface area contributed by atoms with Crippen LogP contribution in [-0.4, -0.2) is 33.2 Å². The smallest absolute Gasteiger partial charge is 0.278 e. The van der Waals surface area contributed by atoms with Crippen molar-refractivity contribution in [3.8, 4) is 11.5 Å². The largest absolute Gasteiger partial charge is 0.493 e. The number of likely N-dealkylation sites (N-methyl/N-ethyl adjacent to an activating group) is 1. The Hall–Kier alpha value is -3.31. The molecular weight excluding hydrogens is 388 g/mol. The Balaban J connectivity index is 1.73. The summed E-state index contributed by atoms with van der Waals surface area (Å²) in [5.41, 5.74) is 3.20. The minimum Gasteiger partial charge on any atom is -0.493 e. The molecule has 5 heteroatoms. The van der Waals surface area contributed by atoms with Crippen molar-refractivity contribution in [2.75, 3.05) is 21.3 Å². The fourth-order valence-corrected chi connectivity index (χ4v) is 3.61. The number of carbonyl (C=O) groups is 1.